The Morgan fingerprint density at radius 3 is 2.52 bits per heavy atom. The van der Waals surface area contributed by atoms with Gasteiger partial charge in [0.2, 0.25) is 0 Å². The summed E-state index contributed by atoms with van der Waals surface area (Å²) in [6.07, 6.45) is -0.560. The quantitative estimate of drug-likeness (QED) is 0.914. The van der Waals surface area contributed by atoms with Gasteiger partial charge in [-0.15, -0.1) is 0 Å². The first-order valence-corrected chi connectivity index (χ1v) is 7.18. The van der Waals surface area contributed by atoms with E-state index in [4.69, 9.17) is 16.3 Å². The normalized spacial score (nSPS) is 11.8. The average Bonchev–Trinajstić information content (AvgIpc) is 2.48. The maximum atomic E-state index is 12.0. The summed E-state index contributed by atoms with van der Waals surface area (Å²) in [6, 6.07) is 14.9. The zero-order valence-electron chi connectivity index (χ0n) is 12.1. The number of aryl methyl sites for hydroxylation is 1. The van der Waals surface area contributed by atoms with Crippen molar-refractivity contribution in [3.8, 4) is 5.75 Å². The number of carbonyl (C=O) groups excluding carboxylic acids is 1. The maximum Gasteiger partial charge on any atom is 0.261 e. The lowest BCUT2D eigenvalue weighted by Gasteiger charge is -2.15. The van der Waals surface area contributed by atoms with Crippen LogP contribution < -0.4 is 10.1 Å². The van der Waals surface area contributed by atoms with E-state index in [2.05, 4.69) is 5.32 Å². The molecule has 0 fully saturated rings. The van der Waals surface area contributed by atoms with Crippen LogP contribution in [0.1, 0.15) is 18.1 Å². The number of halogens is 1. The first kappa shape index (κ1) is 15.4. The summed E-state index contributed by atoms with van der Waals surface area (Å²) in [4.78, 5) is 12.0. The van der Waals surface area contributed by atoms with Crippen LogP contribution in [0.25, 0.3) is 0 Å². The second-order valence-electron chi connectivity index (χ2n) is 4.86. The van der Waals surface area contributed by atoms with Gasteiger partial charge in [-0.3, -0.25) is 4.79 Å². The molecule has 21 heavy (non-hydrogen) atoms. The van der Waals surface area contributed by atoms with Crippen LogP contribution in [0.2, 0.25) is 5.02 Å². The van der Waals surface area contributed by atoms with Crippen LogP contribution in [-0.2, 0) is 11.3 Å². The van der Waals surface area contributed by atoms with E-state index in [0.29, 0.717) is 17.3 Å². The molecule has 2 aromatic rings. The number of amides is 1. The molecule has 0 saturated heterocycles. The Kier molecular flexibility index (Phi) is 5.23. The molecule has 0 bridgehead atoms. The summed E-state index contributed by atoms with van der Waals surface area (Å²) >= 11 is 5.81. The summed E-state index contributed by atoms with van der Waals surface area (Å²) in [5.74, 6) is 0.478. The second kappa shape index (κ2) is 7.14. The molecule has 0 saturated carbocycles. The maximum absolute atomic E-state index is 12.0. The lowest BCUT2D eigenvalue weighted by atomic mass is 10.1. The van der Waals surface area contributed by atoms with Crippen molar-refractivity contribution in [2.45, 2.75) is 26.5 Å². The second-order valence-corrected chi connectivity index (χ2v) is 5.29. The zero-order valence-corrected chi connectivity index (χ0v) is 12.9. The lowest BCUT2D eigenvalue weighted by Crippen LogP contribution is -2.36. The van der Waals surface area contributed by atoms with Crippen LogP contribution in [0.5, 0.6) is 5.75 Å². The van der Waals surface area contributed by atoms with E-state index in [-0.39, 0.29) is 5.91 Å². The number of carbonyl (C=O) groups is 1. The fourth-order valence-electron chi connectivity index (χ4n) is 1.91. The molecular weight excluding hydrogens is 286 g/mol. The minimum absolute atomic E-state index is 0.145. The lowest BCUT2D eigenvalue weighted by molar-refractivity contribution is -0.127. The van der Waals surface area contributed by atoms with Gasteiger partial charge in [0.15, 0.2) is 6.10 Å². The molecule has 1 N–H and O–H groups in total. The minimum atomic E-state index is -0.560. The molecule has 0 unspecified atom stereocenters. The first-order valence-electron chi connectivity index (χ1n) is 6.80. The highest BCUT2D eigenvalue weighted by molar-refractivity contribution is 6.30. The predicted molar refractivity (Wildman–Crippen MR) is 84.6 cm³/mol. The van der Waals surface area contributed by atoms with Crippen LogP contribution in [0.15, 0.2) is 48.5 Å². The van der Waals surface area contributed by atoms with Gasteiger partial charge in [-0.25, -0.2) is 0 Å². The van der Waals surface area contributed by atoms with E-state index in [9.17, 15) is 4.79 Å². The summed E-state index contributed by atoms with van der Waals surface area (Å²) in [6.45, 7) is 4.25. The molecule has 0 heterocycles. The highest BCUT2D eigenvalue weighted by Crippen LogP contribution is 2.16. The van der Waals surface area contributed by atoms with E-state index in [1.54, 1.807) is 31.2 Å². The van der Waals surface area contributed by atoms with Crippen molar-refractivity contribution in [3.05, 3.63) is 64.7 Å². The van der Waals surface area contributed by atoms with Gasteiger partial charge >= 0.3 is 0 Å². The van der Waals surface area contributed by atoms with Gasteiger partial charge in [-0.1, -0.05) is 35.9 Å². The molecule has 0 aromatic heterocycles. The van der Waals surface area contributed by atoms with Crippen molar-refractivity contribution in [3.63, 3.8) is 0 Å². The van der Waals surface area contributed by atoms with E-state index < -0.39 is 6.10 Å². The largest absolute Gasteiger partial charge is 0.481 e. The van der Waals surface area contributed by atoms with Crippen molar-refractivity contribution >= 4 is 17.5 Å². The molecule has 0 radical (unpaired) electrons. The third-order valence-electron chi connectivity index (χ3n) is 3.21. The van der Waals surface area contributed by atoms with Gasteiger partial charge < -0.3 is 10.1 Å². The number of hydrogen-bond donors (Lipinski definition) is 1. The summed E-state index contributed by atoms with van der Waals surface area (Å²) in [7, 11) is 0. The van der Waals surface area contributed by atoms with Gasteiger partial charge in [0, 0.05) is 11.6 Å². The van der Waals surface area contributed by atoms with Gasteiger partial charge in [0.1, 0.15) is 5.75 Å². The van der Waals surface area contributed by atoms with Crippen LogP contribution in [0.4, 0.5) is 0 Å². The van der Waals surface area contributed by atoms with Crippen molar-refractivity contribution in [1.29, 1.82) is 0 Å². The third kappa shape index (κ3) is 4.50. The Hall–Kier alpha value is -2.00. The monoisotopic (exact) mass is 303 g/mol. The van der Waals surface area contributed by atoms with E-state index in [0.717, 1.165) is 11.1 Å². The standard InChI is InChI=1S/C17H18ClNO2/c1-12-5-3-4-6-14(12)11-19-17(20)13(2)21-16-9-7-15(18)8-10-16/h3-10,13H,11H2,1-2H3,(H,19,20)/t13-/m1/s1. The molecule has 2 aromatic carbocycles. The van der Waals surface area contributed by atoms with Crippen molar-refractivity contribution in [1.82, 2.24) is 5.32 Å². The highest BCUT2D eigenvalue weighted by atomic mass is 35.5. The summed E-state index contributed by atoms with van der Waals surface area (Å²) in [5.41, 5.74) is 2.26. The third-order valence-corrected chi connectivity index (χ3v) is 3.46. The predicted octanol–water partition coefficient (Wildman–Crippen LogP) is 3.73. The van der Waals surface area contributed by atoms with Crippen molar-refractivity contribution in [2.24, 2.45) is 0 Å². The number of benzene rings is 2. The molecule has 0 spiro atoms. The number of hydrogen-bond acceptors (Lipinski definition) is 2. The van der Waals surface area contributed by atoms with Gasteiger partial charge in [-0.2, -0.15) is 0 Å². The fraction of sp³-hybridized carbons (Fsp3) is 0.235. The van der Waals surface area contributed by atoms with Crippen LogP contribution in [-0.4, -0.2) is 12.0 Å². The highest BCUT2D eigenvalue weighted by Gasteiger charge is 2.14. The van der Waals surface area contributed by atoms with E-state index in [1.165, 1.54) is 0 Å². The van der Waals surface area contributed by atoms with Crippen molar-refractivity contribution in [2.75, 3.05) is 0 Å². The van der Waals surface area contributed by atoms with Crippen LogP contribution in [0, 0.1) is 6.92 Å². The number of rotatable bonds is 5. The van der Waals surface area contributed by atoms with Crippen LogP contribution in [0.3, 0.4) is 0 Å². The van der Waals surface area contributed by atoms with Crippen molar-refractivity contribution < 1.29 is 9.53 Å². The molecule has 4 heteroatoms. The Labute approximate surface area is 129 Å². The van der Waals surface area contributed by atoms with E-state index >= 15 is 0 Å². The van der Waals surface area contributed by atoms with Gasteiger partial charge in [0.25, 0.3) is 5.91 Å². The zero-order chi connectivity index (χ0) is 15.2. The van der Waals surface area contributed by atoms with Gasteiger partial charge in [0.05, 0.1) is 0 Å². The van der Waals surface area contributed by atoms with E-state index in [1.807, 2.05) is 31.2 Å². The SMILES string of the molecule is Cc1ccccc1CNC(=O)[C@@H](C)Oc1ccc(Cl)cc1. The summed E-state index contributed by atoms with van der Waals surface area (Å²) in [5, 5.41) is 3.52. The Balaban J connectivity index is 1.88. The molecule has 1 amide bonds. The summed E-state index contributed by atoms with van der Waals surface area (Å²) < 4.78 is 5.58. The molecule has 0 aliphatic carbocycles. The molecule has 0 aliphatic rings. The Bertz CT molecular complexity index is 610. The topological polar surface area (TPSA) is 38.3 Å². The molecule has 2 rings (SSSR count). The molecule has 110 valence electrons. The average molecular weight is 304 g/mol. The fourth-order valence-corrected chi connectivity index (χ4v) is 2.03. The Morgan fingerprint density at radius 1 is 1.19 bits per heavy atom. The molecular formula is C17H18ClNO2. The molecule has 0 aliphatic heterocycles. The number of nitrogens with one attached hydrogen (secondary N) is 1. The first-order chi connectivity index (χ1) is 10.1. The van der Waals surface area contributed by atoms with Gasteiger partial charge in [-0.05, 0) is 49.2 Å². The van der Waals surface area contributed by atoms with Crippen LogP contribution >= 0.6 is 11.6 Å². The molecule has 3 nitrogen and oxygen atoms in total. The molecule has 1 atom stereocenters. The smallest absolute Gasteiger partial charge is 0.261 e. The minimum Gasteiger partial charge on any atom is -0.481 e. The Morgan fingerprint density at radius 2 is 1.86 bits per heavy atom. The number of ether oxygens (including phenoxy) is 1.